The Balaban J connectivity index is 1.70. The normalized spacial score (nSPS) is 16.5. The molecular formula is C22H23Cl2N5O3. The predicted octanol–water partition coefficient (Wildman–Crippen LogP) is 4.07. The number of aliphatic carboxylic acids is 1. The largest absolute Gasteiger partial charge is 0.480 e. The first-order valence-corrected chi connectivity index (χ1v) is 11.0. The molecule has 1 aliphatic heterocycles. The number of nitrogens with one attached hydrogen (secondary N) is 1. The van der Waals surface area contributed by atoms with Crippen LogP contribution in [0.1, 0.15) is 33.1 Å². The van der Waals surface area contributed by atoms with Gasteiger partial charge in [-0.2, -0.15) is 0 Å². The van der Waals surface area contributed by atoms with E-state index in [0.717, 1.165) is 30.5 Å². The van der Waals surface area contributed by atoms with E-state index in [1.54, 1.807) is 18.6 Å². The Morgan fingerprint density at radius 3 is 2.78 bits per heavy atom. The number of aromatic nitrogens is 3. The van der Waals surface area contributed by atoms with Gasteiger partial charge in [-0.05, 0) is 38.8 Å². The highest BCUT2D eigenvalue weighted by atomic mass is 35.5. The van der Waals surface area contributed by atoms with Gasteiger partial charge >= 0.3 is 5.97 Å². The molecule has 1 aromatic carbocycles. The number of anilines is 1. The van der Waals surface area contributed by atoms with Crippen LogP contribution in [-0.2, 0) is 9.59 Å². The summed E-state index contributed by atoms with van der Waals surface area (Å²) in [6.45, 7) is 3.65. The second-order valence-corrected chi connectivity index (χ2v) is 9.18. The van der Waals surface area contributed by atoms with Crippen molar-refractivity contribution in [2.24, 2.45) is 0 Å². The summed E-state index contributed by atoms with van der Waals surface area (Å²) in [5.74, 6) is -0.717. The Hall–Kier alpha value is -2.84. The van der Waals surface area contributed by atoms with Crippen molar-refractivity contribution in [1.82, 2.24) is 19.9 Å². The van der Waals surface area contributed by atoms with E-state index in [2.05, 4.69) is 15.2 Å². The molecular weight excluding hydrogens is 453 g/mol. The van der Waals surface area contributed by atoms with Crippen LogP contribution >= 0.6 is 23.2 Å². The van der Waals surface area contributed by atoms with Crippen LogP contribution in [-0.4, -0.2) is 49.6 Å². The summed E-state index contributed by atoms with van der Waals surface area (Å²) in [5.41, 5.74) is 0.0892. The minimum atomic E-state index is -1.33. The first-order chi connectivity index (χ1) is 15.2. The Bertz CT molecular complexity index is 1180. The van der Waals surface area contributed by atoms with Crippen molar-refractivity contribution in [2.75, 3.05) is 11.4 Å². The highest BCUT2D eigenvalue weighted by Gasteiger charge is 2.33. The summed E-state index contributed by atoms with van der Waals surface area (Å²) in [4.78, 5) is 35.0. The zero-order valence-corrected chi connectivity index (χ0v) is 19.2. The summed E-state index contributed by atoms with van der Waals surface area (Å²) < 4.78 is 1.88. The van der Waals surface area contributed by atoms with Crippen molar-refractivity contribution in [3.63, 3.8) is 0 Å². The average molecular weight is 476 g/mol. The standard InChI is InChI=1S/C22H23Cl2N5O3/c1-22(2,21(31)32)27-18(30)10-13-4-3-8-29(13)17-11-16(28-9-7-25-12-28)14-5-6-15(23)19(24)20(14)26-17/h5-7,9,11-13H,3-4,8,10H2,1-2H3,(H,27,30)(H,31,32)/t13-/m0/s1. The van der Waals surface area contributed by atoms with Crippen LogP contribution in [0.5, 0.6) is 0 Å². The molecule has 0 saturated carbocycles. The summed E-state index contributed by atoms with van der Waals surface area (Å²) in [6.07, 6.45) is 7.08. The minimum Gasteiger partial charge on any atom is -0.480 e. The summed E-state index contributed by atoms with van der Waals surface area (Å²) >= 11 is 12.8. The number of rotatable bonds is 6. The van der Waals surface area contributed by atoms with Gasteiger partial charge in [-0.25, -0.2) is 14.8 Å². The maximum absolute atomic E-state index is 12.6. The third kappa shape index (κ3) is 4.25. The highest BCUT2D eigenvalue weighted by Crippen LogP contribution is 2.36. The van der Waals surface area contributed by atoms with E-state index in [9.17, 15) is 14.7 Å². The number of fused-ring (bicyclic) bond motifs is 1. The van der Waals surface area contributed by atoms with Crippen molar-refractivity contribution in [3.8, 4) is 5.69 Å². The number of carboxylic acids is 1. The van der Waals surface area contributed by atoms with Gasteiger partial charge in [0.25, 0.3) is 0 Å². The molecule has 0 unspecified atom stereocenters. The molecule has 32 heavy (non-hydrogen) atoms. The highest BCUT2D eigenvalue weighted by molar-refractivity contribution is 6.45. The van der Waals surface area contributed by atoms with E-state index < -0.39 is 11.5 Å². The monoisotopic (exact) mass is 475 g/mol. The fourth-order valence-electron chi connectivity index (χ4n) is 3.98. The van der Waals surface area contributed by atoms with Crippen LogP contribution in [0.4, 0.5) is 5.82 Å². The van der Waals surface area contributed by atoms with Crippen LogP contribution in [0.2, 0.25) is 10.0 Å². The number of hydrogen-bond acceptors (Lipinski definition) is 5. The predicted molar refractivity (Wildman–Crippen MR) is 124 cm³/mol. The molecule has 10 heteroatoms. The maximum atomic E-state index is 12.6. The van der Waals surface area contributed by atoms with E-state index in [-0.39, 0.29) is 18.4 Å². The van der Waals surface area contributed by atoms with Crippen molar-refractivity contribution < 1.29 is 14.7 Å². The number of halogens is 2. The summed E-state index contributed by atoms with van der Waals surface area (Å²) in [7, 11) is 0. The van der Waals surface area contributed by atoms with Crippen LogP contribution < -0.4 is 10.2 Å². The van der Waals surface area contributed by atoms with E-state index in [1.165, 1.54) is 13.8 Å². The number of hydrogen-bond donors (Lipinski definition) is 2. The fraction of sp³-hybridized carbons (Fsp3) is 0.364. The molecule has 0 aliphatic carbocycles. The number of nitrogens with zero attached hydrogens (tertiary/aromatic N) is 4. The topological polar surface area (TPSA) is 100 Å². The van der Waals surface area contributed by atoms with Gasteiger partial charge in [0.05, 0.1) is 27.6 Å². The van der Waals surface area contributed by atoms with Gasteiger partial charge < -0.3 is 19.9 Å². The van der Waals surface area contributed by atoms with Gasteiger partial charge in [0.2, 0.25) is 5.91 Å². The number of benzene rings is 1. The molecule has 1 atom stereocenters. The molecule has 0 bridgehead atoms. The molecule has 0 spiro atoms. The summed E-state index contributed by atoms with van der Waals surface area (Å²) in [5, 5.41) is 13.5. The molecule has 8 nitrogen and oxygen atoms in total. The van der Waals surface area contributed by atoms with E-state index >= 15 is 0 Å². The lowest BCUT2D eigenvalue weighted by Crippen LogP contribution is -2.51. The number of carbonyl (C=O) groups excluding carboxylic acids is 1. The smallest absolute Gasteiger partial charge is 0.328 e. The Kier molecular flexibility index (Phi) is 6.01. The zero-order chi connectivity index (χ0) is 23.0. The van der Waals surface area contributed by atoms with Crippen molar-refractivity contribution in [3.05, 3.63) is 47.0 Å². The second-order valence-electron chi connectivity index (χ2n) is 8.40. The molecule has 3 heterocycles. The molecule has 1 saturated heterocycles. The Morgan fingerprint density at radius 1 is 1.31 bits per heavy atom. The molecule has 2 N–H and O–H groups in total. The lowest BCUT2D eigenvalue weighted by molar-refractivity contribution is -0.146. The molecule has 1 aliphatic rings. The first-order valence-electron chi connectivity index (χ1n) is 10.3. The van der Waals surface area contributed by atoms with E-state index in [4.69, 9.17) is 28.2 Å². The van der Waals surface area contributed by atoms with Gasteiger partial charge in [-0.15, -0.1) is 0 Å². The van der Waals surface area contributed by atoms with Gasteiger partial charge in [0.1, 0.15) is 11.4 Å². The van der Waals surface area contributed by atoms with Gasteiger partial charge in [0.15, 0.2) is 0 Å². The van der Waals surface area contributed by atoms with Crippen LogP contribution in [0.25, 0.3) is 16.6 Å². The van der Waals surface area contributed by atoms with Crippen LogP contribution in [0.15, 0.2) is 36.9 Å². The summed E-state index contributed by atoms with van der Waals surface area (Å²) in [6, 6.07) is 5.45. The molecule has 0 radical (unpaired) electrons. The van der Waals surface area contributed by atoms with E-state index in [1.807, 2.05) is 22.9 Å². The molecule has 1 fully saturated rings. The first kappa shape index (κ1) is 22.4. The minimum absolute atomic E-state index is 0.113. The zero-order valence-electron chi connectivity index (χ0n) is 17.7. The second kappa shape index (κ2) is 8.60. The molecule has 3 aromatic rings. The average Bonchev–Trinajstić information content (AvgIpc) is 3.42. The van der Waals surface area contributed by atoms with Gasteiger partial charge in [-0.1, -0.05) is 23.2 Å². The quantitative estimate of drug-likeness (QED) is 0.557. The SMILES string of the molecule is CC(C)(NC(=O)C[C@@H]1CCCN1c1cc(-n2ccnc2)c2ccc(Cl)c(Cl)c2n1)C(=O)O. The van der Waals surface area contributed by atoms with Crippen molar-refractivity contribution in [2.45, 2.75) is 44.7 Å². The number of carboxylic acid groups (broad SMARTS) is 1. The molecule has 168 valence electrons. The number of pyridine rings is 1. The number of imidazole rings is 1. The van der Waals surface area contributed by atoms with Gasteiger partial charge in [-0.3, -0.25) is 4.79 Å². The van der Waals surface area contributed by atoms with Crippen molar-refractivity contribution >= 4 is 51.8 Å². The molecule has 4 rings (SSSR count). The Labute approximate surface area is 195 Å². The number of amides is 1. The molecule has 1 amide bonds. The van der Waals surface area contributed by atoms with Crippen molar-refractivity contribution in [1.29, 1.82) is 0 Å². The third-order valence-electron chi connectivity index (χ3n) is 5.70. The lowest BCUT2D eigenvalue weighted by atomic mass is 10.0. The van der Waals surface area contributed by atoms with Crippen LogP contribution in [0.3, 0.4) is 0 Å². The van der Waals surface area contributed by atoms with Crippen LogP contribution in [0, 0.1) is 0 Å². The third-order valence-corrected chi connectivity index (χ3v) is 6.49. The molecule has 2 aromatic heterocycles. The maximum Gasteiger partial charge on any atom is 0.328 e. The Morgan fingerprint density at radius 2 is 2.09 bits per heavy atom. The van der Waals surface area contributed by atoms with Gasteiger partial charge in [0, 0.05) is 42.9 Å². The fourth-order valence-corrected chi connectivity index (χ4v) is 4.34. The number of carbonyl (C=O) groups is 2. The van der Waals surface area contributed by atoms with E-state index in [0.29, 0.717) is 21.4 Å². The lowest BCUT2D eigenvalue weighted by Gasteiger charge is -2.28.